The van der Waals surface area contributed by atoms with Gasteiger partial charge >= 0.3 is 6.61 Å². The van der Waals surface area contributed by atoms with E-state index in [9.17, 15) is 13.6 Å². The summed E-state index contributed by atoms with van der Waals surface area (Å²) in [6, 6.07) is 14.1. The molecule has 4 unspecified atom stereocenters. The van der Waals surface area contributed by atoms with Crippen LogP contribution in [0, 0.1) is 17.8 Å². The number of hydrazine groups is 1. The summed E-state index contributed by atoms with van der Waals surface area (Å²) in [7, 11) is 4.15. The number of amides is 1. The fourth-order valence-electron chi connectivity index (χ4n) is 6.96. The van der Waals surface area contributed by atoms with Gasteiger partial charge in [0.05, 0.1) is 5.41 Å². The maximum Gasteiger partial charge on any atom is 0.387 e. The summed E-state index contributed by atoms with van der Waals surface area (Å²) in [4.78, 5) is 15.2. The van der Waals surface area contributed by atoms with E-state index in [1.54, 1.807) is 12.1 Å². The number of carbonyl (C=O) groups excluding carboxylic acids is 1. The van der Waals surface area contributed by atoms with Gasteiger partial charge in [-0.15, -0.1) is 0 Å². The quantitative estimate of drug-likeness (QED) is 0.513. The van der Waals surface area contributed by atoms with E-state index >= 15 is 0 Å². The van der Waals surface area contributed by atoms with E-state index in [2.05, 4.69) is 76.3 Å². The second kappa shape index (κ2) is 9.49. The highest BCUT2D eigenvalue weighted by Crippen LogP contribution is 2.65. The highest BCUT2D eigenvalue weighted by Gasteiger charge is 2.67. The number of nitrogens with zero attached hydrogens (tertiary/aromatic N) is 1. The normalized spacial score (nSPS) is 32.3. The molecule has 1 amide bonds. The largest absolute Gasteiger partial charge is 0.435 e. The molecule has 2 aromatic carbocycles. The van der Waals surface area contributed by atoms with Crippen LogP contribution in [-0.2, 0) is 16.8 Å². The number of hydrogen-bond donors (Lipinski definition) is 3. The van der Waals surface area contributed by atoms with Crippen LogP contribution in [0.1, 0.15) is 42.4 Å². The topological polar surface area (TPSA) is 65.6 Å². The smallest absolute Gasteiger partial charge is 0.387 e. The fourth-order valence-corrected chi connectivity index (χ4v) is 6.96. The summed E-state index contributed by atoms with van der Waals surface area (Å²) in [5.74, 6) is 1.26. The first-order chi connectivity index (χ1) is 17.8. The minimum atomic E-state index is -2.88. The van der Waals surface area contributed by atoms with Crippen molar-refractivity contribution >= 4 is 17.7 Å². The van der Waals surface area contributed by atoms with Crippen LogP contribution >= 0.6 is 0 Å². The first-order valence-electron chi connectivity index (χ1n) is 13.2. The molecule has 4 aliphatic rings. The number of ether oxygens (including phenoxy) is 1. The van der Waals surface area contributed by atoms with Crippen LogP contribution in [0.3, 0.4) is 0 Å². The lowest BCUT2D eigenvalue weighted by molar-refractivity contribution is -0.118. The molecule has 1 saturated heterocycles. The first kappa shape index (κ1) is 24.5. The van der Waals surface area contributed by atoms with Crippen molar-refractivity contribution in [1.82, 2.24) is 15.8 Å². The molecule has 2 heterocycles. The maximum atomic E-state index is 13.0. The fraction of sp³-hybridized carbons (Fsp3) is 0.483. The minimum absolute atomic E-state index is 0.00117. The lowest BCUT2D eigenvalue weighted by atomic mass is 9.73. The van der Waals surface area contributed by atoms with Crippen LogP contribution in [0.25, 0.3) is 6.08 Å². The molecule has 0 aromatic heterocycles. The van der Waals surface area contributed by atoms with Gasteiger partial charge in [-0.05, 0) is 92.4 Å². The summed E-state index contributed by atoms with van der Waals surface area (Å²) in [6.07, 6.45) is 8.39. The Morgan fingerprint density at radius 1 is 1.14 bits per heavy atom. The number of hydrogen-bond acceptors (Lipinski definition) is 5. The van der Waals surface area contributed by atoms with Crippen LogP contribution in [0.5, 0.6) is 5.75 Å². The van der Waals surface area contributed by atoms with Crippen LogP contribution in [0.2, 0.25) is 0 Å². The highest BCUT2D eigenvalue weighted by molar-refractivity contribution is 6.09. The standard InChI is InChI=1S/C29H34F2N4O2/c1-35(2)16-18-5-3-17(4-6-18)7-11-24-21-10-8-19(13-26(21)34-33-24)23-15-29(23)22-14-20(37-28(30)31)9-12-25(22)32-27(29)36/h3-7,9,11-12,14,19,21,23-24,26,28,33-34H,8,10,13,15-16H2,1-2H3,(H,32,36)/b11-7+/t19?,21?,23-,24?,26?,29-/m0/s1. The summed E-state index contributed by atoms with van der Waals surface area (Å²) >= 11 is 0. The lowest BCUT2D eigenvalue weighted by Crippen LogP contribution is -2.37. The number of fused-ring (bicyclic) bond motifs is 3. The predicted molar refractivity (Wildman–Crippen MR) is 139 cm³/mol. The Balaban J connectivity index is 1.10. The number of anilines is 1. The minimum Gasteiger partial charge on any atom is -0.435 e. The summed E-state index contributed by atoms with van der Waals surface area (Å²) in [6.45, 7) is -1.95. The Bertz CT molecular complexity index is 1200. The van der Waals surface area contributed by atoms with E-state index in [1.807, 2.05) is 0 Å². The van der Waals surface area contributed by atoms with E-state index in [0.29, 0.717) is 17.9 Å². The Morgan fingerprint density at radius 3 is 2.70 bits per heavy atom. The number of halogens is 2. The average Bonchev–Trinajstić information content (AvgIpc) is 3.40. The van der Waals surface area contributed by atoms with Crippen molar-refractivity contribution in [3.63, 3.8) is 0 Å². The Hall–Kier alpha value is -2.81. The van der Waals surface area contributed by atoms with Crippen LogP contribution < -0.4 is 20.9 Å². The zero-order valence-electron chi connectivity index (χ0n) is 21.2. The molecule has 6 nitrogen and oxygen atoms in total. The van der Waals surface area contributed by atoms with E-state index < -0.39 is 12.0 Å². The average molecular weight is 509 g/mol. The van der Waals surface area contributed by atoms with Gasteiger partial charge in [0.25, 0.3) is 0 Å². The molecule has 8 heteroatoms. The van der Waals surface area contributed by atoms with Crippen molar-refractivity contribution in [2.75, 3.05) is 19.4 Å². The van der Waals surface area contributed by atoms with Gasteiger partial charge < -0.3 is 15.0 Å². The Kier molecular flexibility index (Phi) is 6.29. The lowest BCUT2D eigenvalue weighted by Gasteiger charge is -2.33. The van der Waals surface area contributed by atoms with Gasteiger partial charge in [0.2, 0.25) is 5.91 Å². The van der Waals surface area contributed by atoms with Crippen molar-refractivity contribution in [3.05, 3.63) is 65.2 Å². The zero-order chi connectivity index (χ0) is 25.7. The molecule has 2 aliphatic carbocycles. The molecule has 37 heavy (non-hydrogen) atoms. The molecular weight excluding hydrogens is 474 g/mol. The number of nitrogens with one attached hydrogen (secondary N) is 3. The molecule has 196 valence electrons. The maximum absolute atomic E-state index is 13.0. The van der Waals surface area contributed by atoms with Gasteiger partial charge in [0.15, 0.2) is 0 Å². The van der Waals surface area contributed by atoms with Crippen molar-refractivity contribution in [2.24, 2.45) is 17.8 Å². The van der Waals surface area contributed by atoms with Crippen molar-refractivity contribution < 1.29 is 18.3 Å². The van der Waals surface area contributed by atoms with Gasteiger partial charge in [-0.2, -0.15) is 8.78 Å². The van der Waals surface area contributed by atoms with Crippen molar-refractivity contribution in [2.45, 2.75) is 56.3 Å². The van der Waals surface area contributed by atoms with Gasteiger partial charge in [-0.25, -0.2) is 0 Å². The molecule has 1 spiro atoms. The van der Waals surface area contributed by atoms with Crippen LogP contribution in [0.4, 0.5) is 14.5 Å². The molecule has 0 radical (unpaired) electrons. The van der Waals surface area contributed by atoms with Crippen LogP contribution in [-0.4, -0.2) is 43.6 Å². The van der Waals surface area contributed by atoms with Crippen molar-refractivity contribution in [1.29, 1.82) is 0 Å². The predicted octanol–water partition coefficient (Wildman–Crippen LogP) is 4.53. The third kappa shape index (κ3) is 4.56. The molecule has 2 saturated carbocycles. The van der Waals surface area contributed by atoms with Gasteiger partial charge in [-0.1, -0.05) is 36.4 Å². The number of carbonyl (C=O) groups is 1. The third-order valence-electron chi connectivity index (χ3n) is 8.75. The third-order valence-corrected chi connectivity index (χ3v) is 8.75. The van der Waals surface area contributed by atoms with Gasteiger partial charge in [0.1, 0.15) is 5.75 Å². The summed E-state index contributed by atoms with van der Waals surface area (Å²) in [5.41, 5.74) is 10.4. The first-order valence-corrected chi connectivity index (χ1v) is 13.2. The van der Waals surface area contributed by atoms with E-state index in [-0.39, 0.29) is 23.6 Å². The molecule has 6 atom stereocenters. The monoisotopic (exact) mass is 508 g/mol. The van der Waals surface area contributed by atoms with Crippen molar-refractivity contribution in [3.8, 4) is 5.75 Å². The number of rotatable bonds is 7. The van der Waals surface area contributed by atoms with Gasteiger partial charge in [0, 0.05) is 24.3 Å². The molecule has 0 bridgehead atoms. The second-order valence-corrected chi connectivity index (χ2v) is 11.3. The molecule has 3 fully saturated rings. The molecule has 2 aromatic rings. The Morgan fingerprint density at radius 2 is 1.95 bits per heavy atom. The molecule has 6 rings (SSSR count). The molecule has 3 N–H and O–H groups in total. The summed E-state index contributed by atoms with van der Waals surface area (Å²) in [5, 5.41) is 2.98. The molecular formula is C29H34F2N4O2. The van der Waals surface area contributed by atoms with Crippen LogP contribution in [0.15, 0.2) is 48.5 Å². The number of benzene rings is 2. The van der Waals surface area contributed by atoms with E-state index in [0.717, 1.165) is 43.5 Å². The zero-order valence-corrected chi connectivity index (χ0v) is 21.2. The summed E-state index contributed by atoms with van der Waals surface area (Å²) < 4.78 is 30.2. The van der Waals surface area contributed by atoms with E-state index in [1.165, 1.54) is 17.2 Å². The second-order valence-electron chi connectivity index (χ2n) is 11.3. The molecule has 2 aliphatic heterocycles. The highest BCUT2D eigenvalue weighted by atomic mass is 19.3. The van der Waals surface area contributed by atoms with E-state index in [4.69, 9.17) is 0 Å². The number of alkyl halides is 2. The Labute approximate surface area is 216 Å². The SMILES string of the molecule is CN(C)Cc1ccc(/C=C/C2NNC3CC([C@@H]4C[C@@]45C(=O)Nc4ccc(OC(F)F)cc45)CCC23)cc1. The van der Waals surface area contributed by atoms with Gasteiger partial charge in [-0.3, -0.25) is 15.6 Å².